The minimum absolute atomic E-state index is 0.582. The van der Waals surface area contributed by atoms with E-state index in [0.29, 0.717) is 6.54 Å². The van der Waals surface area contributed by atoms with Gasteiger partial charge in [-0.3, -0.25) is 4.99 Å². The summed E-state index contributed by atoms with van der Waals surface area (Å²) in [5.74, 6) is 0. The van der Waals surface area contributed by atoms with Crippen molar-refractivity contribution in [2.24, 2.45) is 10.7 Å². The van der Waals surface area contributed by atoms with Gasteiger partial charge >= 0.3 is 0 Å². The molecule has 0 aromatic rings. The highest BCUT2D eigenvalue weighted by atomic mass is 14.7. The first kappa shape index (κ1) is 9.37. The zero-order valence-corrected chi connectivity index (χ0v) is 6.80. The van der Waals surface area contributed by atoms with Gasteiger partial charge in [0.05, 0.1) is 0 Å². The zero-order valence-electron chi connectivity index (χ0n) is 6.80. The summed E-state index contributed by atoms with van der Waals surface area (Å²) in [6.45, 7) is 4.66. The number of allylic oxidation sites excluding steroid dienone is 1. The molecule has 0 aromatic heterocycles. The molecule has 0 heterocycles. The number of aliphatic imine (C=N–C) groups is 1. The van der Waals surface area contributed by atoms with Crippen LogP contribution < -0.4 is 5.73 Å². The first-order chi connectivity index (χ1) is 4.85. The van der Waals surface area contributed by atoms with Crippen molar-refractivity contribution in [3.8, 4) is 0 Å². The Bertz CT molecular complexity index is 125. The Morgan fingerprint density at radius 2 is 2.30 bits per heavy atom. The van der Waals surface area contributed by atoms with Gasteiger partial charge in [0.15, 0.2) is 0 Å². The van der Waals surface area contributed by atoms with Crippen LogP contribution in [0.5, 0.6) is 0 Å². The molecular formula is C8H16N2. The molecule has 0 aliphatic rings. The molecule has 0 amide bonds. The Kier molecular flexibility index (Phi) is 6.08. The number of hydrogen-bond acceptors (Lipinski definition) is 2. The SMILES string of the molecule is C/C=C/N=C(\CN)CCC. The fourth-order valence-electron chi connectivity index (χ4n) is 0.688. The van der Waals surface area contributed by atoms with Crippen molar-refractivity contribution < 1.29 is 0 Å². The number of nitrogens with two attached hydrogens (primary N) is 1. The predicted octanol–water partition coefficient (Wildman–Crippen LogP) is 1.72. The lowest BCUT2D eigenvalue weighted by Crippen LogP contribution is -2.12. The summed E-state index contributed by atoms with van der Waals surface area (Å²) in [7, 11) is 0. The van der Waals surface area contributed by atoms with Gasteiger partial charge in [-0.2, -0.15) is 0 Å². The maximum absolute atomic E-state index is 5.43. The molecule has 0 spiro atoms. The van der Waals surface area contributed by atoms with Crippen LogP contribution in [0.4, 0.5) is 0 Å². The molecule has 2 nitrogen and oxygen atoms in total. The molecule has 0 bridgehead atoms. The zero-order chi connectivity index (χ0) is 7.82. The summed E-state index contributed by atoms with van der Waals surface area (Å²) in [5.41, 5.74) is 6.52. The van der Waals surface area contributed by atoms with Gasteiger partial charge in [-0.1, -0.05) is 19.4 Å². The Morgan fingerprint density at radius 3 is 2.70 bits per heavy atom. The molecule has 0 fully saturated rings. The van der Waals surface area contributed by atoms with E-state index >= 15 is 0 Å². The van der Waals surface area contributed by atoms with Crippen LogP contribution in [0.2, 0.25) is 0 Å². The standard InChI is InChI=1S/C8H16N2/c1-3-5-8(7-9)10-6-4-2/h4,6H,3,5,7,9H2,1-2H3/b6-4+,10-8-. The van der Waals surface area contributed by atoms with E-state index in [9.17, 15) is 0 Å². The molecule has 0 aliphatic heterocycles. The summed E-state index contributed by atoms with van der Waals surface area (Å²) in [6.07, 6.45) is 5.83. The molecule has 0 atom stereocenters. The molecule has 0 saturated heterocycles. The van der Waals surface area contributed by atoms with Crippen molar-refractivity contribution in [2.75, 3.05) is 6.54 Å². The highest BCUT2D eigenvalue weighted by Gasteiger charge is 1.90. The third-order valence-corrected chi connectivity index (χ3v) is 1.18. The topological polar surface area (TPSA) is 38.4 Å². The summed E-state index contributed by atoms with van der Waals surface area (Å²) in [6, 6.07) is 0. The van der Waals surface area contributed by atoms with Crippen LogP contribution in [0.3, 0.4) is 0 Å². The van der Waals surface area contributed by atoms with Gasteiger partial charge in [0.2, 0.25) is 0 Å². The van der Waals surface area contributed by atoms with E-state index in [-0.39, 0.29) is 0 Å². The van der Waals surface area contributed by atoms with Crippen LogP contribution in [0, 0.1) is 0 Å². The number of nitrogens with zero attached hydrogens (tertiary/aromatic N) is 1. The van der Waals surface area contributed by atoms with Gasteiger partial charge in [-0.25, -0.2) is 0 Å². The monoisotopic (exact) mass is 140 g/mol. The van der Waals surface area contributed by atoms with Crippen molar-refractivity contribution in [1.29, 1.82) is 0 Å². The molecule has 0 saturated carbocycles. The van der Waals surface area contributed by atoms with E-state index in [4.69, 9.17) is 5.73 Å². The van der Waals surface area contributed by atoms with Gasteiger partial charge in [0, 0.05) is 18.5 Å². The second-order valence-electron chi connectivity index (χ2n) is 2.13. The summed E-state index contributed by atoms with van der Waals surface area (Å²) >= 11 is 0. The van der Waals surface area contributed by atoms with Crippen LogP contribution in [0.25, 0.3) is 0 Å². The largest absolute Gasteiger partial charge is 0.325 e. The Balaban J connectivity index is 3.78. The average molecular weight is 140 g/mol. The highest BCUT2D eigenvalue weighted by molar-refractivity contribution is 5.86. The second-order valence-corrected chi connectivity index (χ2v) is 2.13. The van der Waals surface area contributed by atoms with Gasteiger partial charge < -0.3 is 5.73 Å². The third-order valence-electron chi connectivity index (χ3n) is 1.18. The van der Waals surface area contributed by atoms with Crippen LogP contribution in [0.1, 0.15) is 26.7 Å². The van der Waals surface area contributed by atoms with E-state index in [0.717, 1.165) is 18.6 Å². The Hall–Kier alpha value is -0.630. The number of rotatable bonds is 4. The van der Waals surface area contributed by atoms with Crippen molar-refractivity contribution in [1.82, 2.24) is 0 Å². The van der Waals surface area contributed by atoms with Crippen LogP contribution >= 0.6 is 0 Å². The molecule has 0 unspecified atom stereocenters. The van der Waals surface area contributed by atoms with Gasteiger partial charge in [0.1, 0.15) is 0 Å². The first-order valence-electron chi connectivity index (χ1n) is 3.71. The first-order valence-corrected chi connectivity index (χ1v) is 3.71. The molecule has 0 aromatic carbocycles. The third kappa shape index (κ3) is 4.27. The van der Waals surface area contributed by atoms with Crippen LogP contribution in [-0.4, -0.2) is 12.3 Å². The average Bonchev–Trinajstić information content (AvgIpc) is 1.98. The van der Waals surface area contributed by atoms with Gasteiger partial charge in [-0.15, -0.1) is 0 Å². The van der Waals surface area contributed by atoms with Crippen molar-refractivity contribution >= 4 is 5.71 Å². The fraction of sp³-hybridized carbons (Fsp3) is 0.625. The van der Waals surface area contributed by atoms with E-state index < -0.39 is 0 Å². The Morgan fingerprint density at radius 1 is 1.60 bits per heavy atom. The van der Waals surface area contributed by atoms with E-state index in [2.05, 4.69) is 11.9 Å². The predicted molar refractivity (Wildman–Crippen MR) is 46.2 cm³/mol. The van der Waals surface area contributed by atoms with Crippen molar-refractivity contribution in [2.45, 2.75) is 26.7 Å². The lowest BCUT2D eigenvalue weighted by atomic mass is 10.2. The lowest BCUT2D eigenvalue weighted by molar-refractivity contribution is 0.973. The van der Waals surface area contributed by atoms with E-state index in [1.54, 1.807) is 6.20 Å². The normalized spacial score (nSPS) is 12.9. The maximum atomic E-state index is 5.43. The van der Waals surface area contributed by atoms with Crippen LogP contribution in [-0.2, 0) is 0 Å². The second kappa shape index (κ2) is 6.49. The lowest BCUT2D eigenvalue weighted by Gasteiger charge is -1.96. The van der Waals surface area contributed by atoms with E-state index in [1.165, 1.54) is 0 Å². The fourth-order valence-corrected chi connectivity index (χ4v) is 0.688. The Labute approximate surface area is 62.8 Å². The molecule has 0 radical (unpaired) electrons. The molecule has 0 aliphatic carbocycles. The van der Waals surface area contributed by atoms with Gasteiger partial charge in [0.25, 0.3) is 0 Å². The maximum Gasteiger partial charge on any atom is 0.0314 e. The summed E-state index contributed by atoms with van der Waals surface area (Å²) < 4.78 is 0. The molecule has 58 valence electrons. The van der Waals surface area contributed by atoms with Gasteiger partial charge in [-0.05, 0) is 13.3 Å². The molecule has 2 N–H and O–H groups in total. The molecule has 2 heteroatoms. The quantitative estimate of drug-likeness (QED) is 0.593. The minimum Gasteiger partial charge on any atom is -0.325 e. The highest BCUT2D eigenvalue weighted by Crippen LogP contribution is 1.91. The van der Waals surface area contributed by atoms with E-state index in [1.807, 2.05) is 13.0 Å². The smallest absolute Gasteiger partial charge is 0.0314 e. The van der Waals surface area contributed by atoms with Crippen molar-refractivity contribution in [3.05, 3.63) is 12.3 Å². The summed E-state index contributed by atoms with van der Waals surface area (Å²) in [5, 5.41) is 0. The number of hydrogen-bond donors (Lipinski definition) is 1. The van der Waals surface area contributed by atoms with Crippen LogP contribution in [0.15, 0.2) is 17.3 Å². The van der Waals surface area contributed by atoms with Crippen molar-refractivity contribution in [3.63, 3.8) is 0 Å². The summed E-state index contributed by atoms with van der Waals surface area (Å²) in [4.78, 5) is 4.16. The molecular weight excluding hydrogens is 124 g/mol. The molecule has 0 rings (SSSR count). The molecule has 10 heavy (non-hydrogen) atoms. The minimum atomic E-state index is 0.582.